The summed E-state index contributed by atoms with van der Waals surface area (Å²) in [5.41, 5.74) is 3.59. The van der Waals surface area contributed by atoms with Crippen LogP contribution in [0.25, 0.3) is 22.2 Å². The number of hydrogen-bond acceptors (Lipinski definition) is 4. The summed E-state index contributed by atoms with van der Waals surface area (Å²) in [6, 6.07) is 17.7. The molecule has 2 aromatic carbocycles. The van der Waals surface area contributed by atoms with Crippen molar-refractivity contribution in [3.63, 3.8) is 0 Å². The van der Waals surface area contributed by atoms with E-state index in [1.54, 1.807) is 0 Å². The summed E-state index contributed by atoms with van der Waals surface area (Å²) < 4.78 is 5.69. The van der Waals surface area contributed by atoms with Crippen LogP contribution >= 0.6 is 11.3 Å². The third kappa shape index (κ3) is 3.06. The lowest BCUT2D eigenvalue weighted by atomic mass is 10.1. The average Bonchev–Trinajstić information content (AvgIpc) is 3.26. The van der Waals surface area contributed by atoms with Crippen LogP contribution in [-0.2, 0) is 6.54 Å². The molecule has 0 saturated carbocycles. The van der Waals surface area contributed by atoms with Gasteiger partial charge in [-0.25, -0.2) is 4.98 Å². The van der Waals surface area contributed by atoms with Gasteiger partial charge in [0.1, 0.15) is 10.6 Å². The molecule has 5 heteroatoms. The minimum atomic E-state index is -0.217. The van der Waals surface area contributed by atoms with Crippen molar-refractivity contribution < 1.29 is 9.21 Å². The topological polar surface area (TPSA) is 55.1 Å². The Morgan fingerprint density at radius 1 is 1.12 bits per heavy atom. The first-order chi connectivity index (χ1) is 12.2. The smallest absolute Gasteiger partial charge is 0.287 e. The van der Waals surface area contributed by atoms with Crippen molar-refractivity contribution in [1.29, 1.82) is 0 Å². The number of nitrogens with zero attached hydrogens (tertiary/aromatic N) is 1. The molecule has 124 valence electrons. The first kappa shape index (κ1) is 15.6. The number of hydrogen-bond donors (Lipinski definition) is 1. The fourth-order valence-electron chi connectivity index (χ4n) is 2.76. The number of rotatable bonds is 4. The largest absolute Gasteiger partial charge is 0.451 e. The van der Waals surface area contributed by atoms with E-state index in [0.717, 1.165) is 32.8 Å². The van der Waals surface area contributed by atoms with E-state index in [1.165, 1.54) is 11.3 Å². The molecule has 0 atom stereocenters. The van der Waals surface area contributed by atoms with Crippen LogP contribution in [-0.4, -0.2) is 10.9 Å². The average molecular weight is 348 g/mol. The number of thiazole rings is 1. The van der Waals surface area contributed by atoms with Crippen LogP contribution in [0.2, 0.25) is 0 Å². The predicted molar refractivity (Wildman–Crippen MR) is 99.7 cm³/mol. The number of furan rings is 1. The summed E-state index contributed by atoms with van der Waals surface area (Å²) in [6.07, 6.45) is 0. The van der Waals surface area contributed by atoms with Gasteiger partial charge in [0.15, 0.2) is 5.76 Å². The molecule has 0 spiro atoms. The Labute approximate surface area is 149 Å². The zero-order valence-electron chi connectivity index (χ0n) is 13.7. The Bertz CT molecular complexity index is 1030. The third-order valence-corrected chi connectivity index (χ3v) is 4.92. The van der Waals surface area contributed by atoms with Crippen LogP contribution in [0.15, 0.2) is 64.4 Å². The number of carbonyl (C=O) groups excluding carboxylic acids is 1. The van der Waals surface area contributed by atoms with Crippen molar-refractivity contribution in [2.24, 2.45) is 0 Å². The Kier molecular flexibility index (Phi) is 4.07. The minimum absolute atomic E-state index is 0.217. The molecule has 4 nitrogen and oxygen atoms in total. The highest BCUT2D eigenvalue weighted by Crippen LogP contribution is 2.25. The van der Waals surface area contributed by atoms with E-state index in [0.29, 0.717) is 12.3 Å². The van der Waals surface area contributed by atoms with Crippen molar-refractivity contribution in [3.8, 4) is 11.3 Å². The Morgan fingerprint density at radius 2 is 1.88 bits per heavy atom. The van der Waals surface area contributed by atoms with Gasteiger partial charge in [0.2, 0.25) is 0 Å². The van der Waals surface area contributed by atoms with E-state index in [9.17, 15) is 4.79 Å². The summed E-state index contributed by atoms with van der Waals surface area (Å²) in [4.78, 5) is 17.0. The van der Waals surface area contributed by atoms with Crippen LogP contribution in [0.3, 0.4) is 0 Å². The summed E-state index contributed by atoms with van der Waals surface area (Å²) in [6.45, 7) is 2.28. The number of para-hydroxylation sites is 1. The van der Waals surface area contributed by atoms with E-state index in [-0.39, 0.29) is 5.91 Å². The second-order valence-electron chi connectivity index (χ2n) is 5.73. The monoisotopic (exact) mass is 348 g/mol. The van der Waals surface area contributed by atoms with Gasteiger partial charge in [-0.2, -0.15) is 0 Å². The molecule has 2 heterocycles. The SMILES string of the molecule is Cc1c(C(=O)NCc2nc(-c3ccccc3)cs2)oc2ccccc12. The molecular formula is C20H16N2O2S. The predicted octanol–water partition coefficient (Wildman–Crippen LogP) is 4.79. The van der Waals surface area contributed by atoms with E-state index >= 15 is 0 Å². The summed E-state index contributed by atoms with van der Waals surface area (Å²) in [5, 5.41) is 6.73. The van der Waals surface area contributed by atoms with E-state index in [4.69, 9.17) is 4.42 Å². The molecular weight excluding hydrogens is 332 g/mol. The first-order valence-electron chi connectivity index (χ1n) is 7.98. The minimum Gasteiger partial charge on any atom is -0.451 e. The Hall–Kier alpha value is -2.92. The fraction of sp³-hybridized carbons (Fsp3) is 0.100. The van der Waals surface area contributed by atoms with E-state index in [2.05, 4.69) is 10.3 Å². The third-order valence-electron chi connectivity index (χ3n) is 4.07. The molecule has 25 heavy (non-hydrogen) atoms. The normalized spacial score (nSPS) is 10.9. The van der Waals surface area contributed by atoms with E-state index < -0.39 is 0 Å². The van der Waals surface area contributed by atoms with Crippen molar-refractivity contribution >= 4 is 28.2 Å². The number of benzene rings is 2. The Morgan fingerprint density at radius 3 is 2.68 bits per heavy atom. The maximum Gasteiger partial charge on any atom is 0.287 e. The molecule has 0 radical (unpaired) electrons. The highest BCUT2D eigenvalue weighted by Gasteiger charge is 2.17. The van der Waals surface area contributed by atoms with Gasteiger partial charge in [0, 0.05) is 21.9 Å². The molecule has 4 aromatic rings. The molecule has 2 aromatic heterocycles. The number of fused-ring (bicyclic) bond motifs is 1. The second kappa shape index (κ2) is 6.53. The zero-order valence-corrected chi connectivity index (χ0v) is 14.5. The van der Waals surface area contributed by atoms with Crippen LogP contribution in [0.1, 0.15) is 21.1 Å². The fourth-order valence-corrected chi connectivity index (χ4v) is 3.50. The van der Waals surface area contributed by atoms with Gasteiger partial charge < -0.3 is 9.73 Å². The highest BCUT2D eigenvalue weighted by molar-refractivity contribution is 7.09. The van der Waals surface area contributed by atoms with E-state index in [1.807, 2.05) is 66.9 Å². The molecule has 0 aliphatic rings. The van der Waals surface area contributed by atoms with Gasteiger partial charge >= 0.3 is 0 Å². The number of carbonyl (C=O) groups is 1. The number of aryl methyl sites for hydroxylation is 1. The molecule has 4 rings (SSSR count). The molecule has 0 aliphatic carbocycles. The highest BCUT2D eigenvalue weighted by atomic mass is 32.1. The van der Waals surface area contributed by atoms with Crippen LogP contribution < -0.4 is 5.32 Å². The molecule has 1 N–H and O–H groups in total. The maximum absolute atomic E-state index is 12.5. The molecule has 0 aliphatic heterocycles. The molecule has 0 fully saturated rings. The number of aromatic nitrogens is 1. The molecule has 0 bridgehead atoms. The standard InChI is InChI=1S/C20H16N2O2S/c1-13-15-9-5-6-10-17(15)24-19(13)20(23)21-11-18-22-16(12-25-18)14-7-3-2-4-8-14/h2-10,12H,11H2,1H3,(H,21,23). The number of amides is 1. The molecule has 1 amide bonds. The van der Waals surface area contributed by atoms with Gasteiger partial charge in [0.25, 0.3) is 5.91 Å². The van der Waals surface area contributed by atoms with Gasteiger partial charge in [0.05, 0.1) is 12.2 Å². The molecule has 0 saturated heterocycles. The van der Waals surface area contributed by atoms with Gasteiger partial charge in [-0.05, 0) is 13.0 Å². The van der Waals surface area contributed by atoms with Crippen molar-refractivity contribution in [3.05, 3.63) is 76.3 Å². The van der Waals surface area contributed by atoms with Crippen molar-refractivity contribution in [1.82, 2.24) is 10.3 Å². The number of nitrogens with one attached hydrogen (secondary N) is 1. The lowest BCUT2D eigenvalue weighted by molar-refractivity contribution is 0.0924. The quantitative estimate of drug-likeness (QED) is 0.577. The van der Waals surface area contributed by atoms with Crippen LogP contribution in [0, 0.1) is 6.92 Å². The summed E-state index contributed by atoms with van der Waals surface area (Å²) >= 11 is 1.53. The summed E-state index contributed by atoms with van der Waals surface area (Å²) in [5.74, 6) is 0.145. The zero-order chi connectivity index (χ0) is 17.2. The summed E-state index contributed by atoms with van der Waals surface area (Å²) in [7, 11) is 0. The lowest BCUT2D eigenvalue weighted by Crippen LogP contribution is -2.22. The van der Waals surface area contributed by atoms with Gasteiger partial charge in [-0.3, -0.25) is 4.79 Å². The van der Waals surface area contributed by atoms with Gasteiger partial charge in [-0.15, -0.1) is 11.3 Å². The maximum atomic E-state index is 12.5. The first-order valence-corrected chi connectivity index (χ1v) is 8.86. The van der Waals surface area contributed by atoms with Crippen molar-refractivity contribution in [2.75, 3.05) is 0 Å². The van der Waals surface area contributed by atoms with Crippen LogP contribution in [0.5, 0.6) is 0 Å². The Balaban J connectivity index is 1.48. The molecule has 0 unspecified atom stereocenters. The van der Waals surface area contributed by atoms with Gasteiger partial charge in [-0.1, -0.05) is 48.5 Å². The van der Waals surface area contributed by atoms with Crippen LogP contribution in [0.4, 0.5) is 0 Å². The second-order valence-corrected chi connectivity index (χ2v) is 6.67. The lowest BCUT2D eigenvalue weighted by Gasteiger charge is -2.01. The van der Waals surface area contributed by atoms with Crippen molar-refractivity contribution in [2.45, 2.75) is 13.5 Å².